The summed E-state index contributed by atoms with van der Waals surface area (Å²) in [6, 6.07) is 0. The number of rotatable bonds is 0. The average molecular weight is 341 g/mol. The maximum atomic E-state index is 6.12. The second-order valence-corrected chi connectivity index (χ2v) is 10.3. The zero-order valence-electron chi connectivity index (χ0n) is 16.4. The Morgan fingerprint density at radius 3 is 1.21 bits per heavy atom. The molecule has 3 rings (SSSR count). The molecule has 24 heavy (non-hydrogen) atoms. The van der Waals surface area contributed by atoms with Gasteiger partial charge in [0.05, 0.1) is 0 Å². The zero-order chi connectivity index (χ0) is 17.6. The lowest BCUT2D eigenvalue weighted by Crippen LogP contribution is -2.61. The maximum Gasteiger partial charge on any atom is 0.237 e. The molecule has 0 radical (unpaired) electrons. The summed E-state index contributed by atoms with van der Waals surface area (Å²) in [7, 11) is 0. The van der Waals surface area contributed by atoms with Crippen LogP contribution in [0, 0.1) is 22.7 Å². The first-order valence-corrected chi connectivity index (χ1v) is 9.83. The van der Waals surface area contributed by atoms with Crippen LogP contribution in [0.3, 0.4) is 0 Å². The topological polar surface area (TPSA) is 36.9 Å². The fourth-order valence-corrected chi connectivity index (χ4v) is 5.12. The molecule has 2 aliphatic carbocycles. The molecular formula is C20H36O4. The second-order valence-electron chi connectivity index (χ2n) is 10.3. The lowest BCUT2D eigenvalue weighted by Gasteiger charge is -2.55. The van der Waals surface area contributed by atoms with E-state index in [1.165, 1.54) is 12.8 Å². The Morgan fingerprint density at radius 2 is 0.917 bits per heavy atom. The first-order chi connectivity index (χ1) is 11.1. The predicted molar refractivity (Wildman–Crippen MR) is 92.6 cm³/mol. The van der Waals surface area contributed by atoms with Gasteiger partial charge in [-0.2, -0.15) is 19.6 Å². The van der Waals surface area contributed by atoms with Crippen LogP contribution < -0.4 is 0 Å². The molecule has 3 aliphatic rings. The summed E-state index contributed by atoms with van der Waals surface area (Å²) in [6.07, 6.45) is 8.47. The van der Waals surface area contributed by atoms with Crippen molar-refractivity contribution in [3.8, 4) is 0 Å². The van der Waals surface area contributed by atoms with Gasteiger partial charge in [-0.25, -0.2) is 0 Å². The molecule has 4 nitrogen and oxygen atoms in total. The van der Waals surface area contributed by atoms with Crippen LogP contribution in [0.4, 0.5) is 0 Å². The van der Waals surface area contributed by atoms with Gasteiger partial charge in [-0.15, -0.1) is 0 Å². The van der Waals surface area contributed by atoms with E-state index in [0.29, 0.717) is 0 Å². The molecule has 2 atom stereocenters. The molecule has 0 aromatic rings. The van der Waals surface area contributed by atoms with E-state index in [2.05, 4.69) is 41.5 Å². The molecular weight excluding hydrogens is 304 g/mol. The normalized spacial score (nSPS) is 41.8. The predicted octanol–water partition coefficient (Wildman–Crippen LogP) is 5.76. The Hall–Kier alpha value is -0.160. The SMILES string of the molecule is CC(C)(C)[C@H]1CCCCC12OOC1(CCCC[C@H]1C(C)(C)C)OO2. The molecule has 3 fully saturated rings. The third kappa shape index (κ3) is 3.27. The van der Waals surface area contributed by atoms with E-state index in [0.717, 1.165) is 38.5 Å². The number of hydrogen-bond acceptors (Lipinski definition) is 4. The summed E-state index contributed by atoms with van der Waals surface area (Å²) in [5.41, 5.74) is 0.182. The van der Waals surface area contributed by atoms with Gasteiger partial charge in [-0.1, -0.05) is 54.4 Å². The summed E-state index contributed by atoms with van der Waals surface area (Å²) in [6.45, 7) is 13.5. The molecule has 0 aromatic carbocycles. The fraction of sp³-hybridized carbons (Fsp3) is 1.00. The van der Waals surface area contributed by atoms with Crippen LogP contribution >= 0.6 is 0 Å². The van der Waals surface area contributed by atoms with Crippen LogP contribution in [0.5, 0.6) is 0 Å². The summed E-state index contributed by atoms with van der Waals surface area (Å²) in [5.74, 6) is -0.955. The molecule has 140 valence electrons. The minimum atomic E-state index is -0.748. The van der Waals surface area contributed by atoms with Crippen LogP contribution in [0.15, 0.2) is 0 Å². The third-order valence-electron chi connectivity index (χ3n) is 6.34. The Morgan fingerprint density at radius 1 is 0.583 bits per heavy atom. The Labute approximate surface area is 147 Å². The van der Waals surface area contributed by atoms with Crippen LogP contribution in [0.1, 0.15) is 92.9 Å². The molecule has 1 heterocycles. The molecule has 1 aliphatic heterocycles. The van der Waals surface area contributed by atoms with Gasteiger partial charge in [0.1, 0.15) is 0 Å². The van der Waals surface area contributed by atoms with Gasteiger partial charge in [-0.3, -0.25) is 0 Å². The molecule has 1 saturated heterocycles. The van der Waals surface area contributed by atoms with Gasteiger partial charge in [0.2, 0.25) is 11.6 Å². The molecule has 0 N–H and O–H groups in total. The van der Waals surface area contributed by atoms with Crippen LogP contribution in [-0.4, -0.2) is 11.6 Å². The molecule has 2 saturated carbocycles. The van der Waals surface area contributed by atoms with Crippen LogP contribution in [0.25, 0.3) is 0 Å². The van der Waals surface area contributed by atoms with E-state index in [1.807, 2.05) is 0 Å². The molecule has 0 bridgehead atoms. The highest BCUT2D eigenvalue weighted by Crippen LogP contribution is 2.55. The first-order valence-electron chi connectivity index (χ1n) is 9.83. The molecule has 0 amide bonds. The second kappa shape index (κ2) is 6.22. The highest BCUT2D eigenvalue weighted by atomic mass is 17.4. The van der Waals surface area contributed by atoms with Crippen molar-refractivity contribution in [2.75, 3.05) is 0 Å². The van der Waals surface area contributed by atoms with Gasteiger partial charge in [0, 0.05) is 24.7 Å². The van der Waals surface area contributed by atoms with Crippen LogP contribution in [0.2, 0.25) is 0 Å². The monoisotopic (exact) mass is 340 g/mol. The minimum Gasteiger partial charge on any atom is -0.195 e. The van der Waals surface area contributed by atoms with Crippen LogP contribution in [-0.2, 0) is 19.6 Å². The van der Waals surface area contributed by atoms with Crippen molar-refractivity contribution in [1.82, 2.24) is 0 Å². The van der Waals surface area contributed by atoms with E-state index in [9.17, 15) is 0 Å². The summed E-state index contributed by atoms with van der Waals surface area (Å²) in [5, 5.41) is 0. The van der Waals surface area contributed by atoms with Gasteiger partial charge in [0.25, 0.3) is 0 Å². The Balaban J connectivity index is 1.80. The van der Waals surface area contributed by atoms with E-state index in [-0.39, 0.29) is 22.7 Å². The minimum absolute atomic E-state index is 0.0909. The summed E-state index contributed by atoms with van der Waals surface area (Å²) in [4.78, 5) is 24.5. The molecule has 0 aromatic heterocycles. The van der Waals surface area contributed by atoms with E-state index in [4.69, 9.17) is 19.6 Å². The van der Waals surface area contributed by atoms with Gasteiger partial charge >= 0.3 is 0 Å². The molecule has 0 unspecified atom stereocenters. The highest BCUT2D eigenvalue weighted by molar-refractivity contribution is 4.94. The maximum absolute atomic E-state index is 6.12. The average Bonchev–Trinajstić information content (AvgIpc) is 2.50. The Bertz CT molecular complexity index is 396. The first kappa shape index (κ1) is 18.6. The smallest absolute Gasteiger partial charge is 0.195 e. The zero-order valence-corrected chi connectivity index (χ0v) is 16.4. The van der Waals surface area contributed by atoms with E-state index < -0.39 is 11.6 Å². The van der Waals surface area contributed by atoms with Gasteiger partial charge < -0.3 is 0 Å². The van der Waals surface area contributed by atoms with Crippen molar-refractivity contribution in [3.63, 3.8) is 0 Å². The van der Waals surface area contributed by atoms with Crippen molar-refractivity contribution in [2.24, 2.45) is 22.7 Å². The summed E-state index contributed by atoms with van der Waals surface area (Å²) < 4.78 is 0. The standard InChI is InChI=1S/C20H36O4/c1-17(2,3)15-11-7-9-13-19(15)21-23-20(24-22-19)14-10-8-12-16(20)18(4,5)6/h15-16H,7-14H2,1-6H3/t15-,16+,19?,20?. The quantitative estimate of drug-likeness (QED) is 0.525. The summed E-state index contributed by atoms with van der Waals surface area (Å²) >= 11 is 0. The lowest BCUT2D eigenvalue weighted by molar-refractivity contribution is -0.680. The van der Waals surface area contributed by atoms with Gasteiger partial charge in [-0.05, 0) is 36.5 Å². The largest absolute Gasteiger partial charge is 0.237 e. The van der Waals surface area contributed by atoms with Gasteiger partial charge in [0.15, 0.2) is 0 Å². The van der Waals surface area contributed by atoms with Crippen molar-refractivity contribution in [1.29, 1.82) is 0 Å². The van der Waals surface area contributed by atoms with Crippen molar-refractivity contribution in [3.05, 3.63) is 0 Å². The Kier molecular flexibility index (Phi) is 4.83. The fourth-order valence-electron chi connectivity index (χ4n) is 5.12. The van der Waals surface area contributed by atoms with Crippen molar-refractivity contribution < 1.29 is 19.6 Å². The third-order valence-corrected chi connectivity index (χ3v) is 6.34. The van der Waals surface area contributed by atoms with Crippen molar-refractivity contribution in [2.45, 2.75) is 104 Å². The van der Waals surface area contributed by atoms with Crippen molar-refractivity contribution >= 4 is 0 Å². The number of hydrogen-bond donors (Lipinski definition) is 0. The lowest BCUT2D eigenvalue weighted by atomic mass is 9.68. The van der Waals surface area contributed by atoms with E-state index in [1.54, 1.807) is 0 Å². The molecule has 4 heteroatoms. The van der Waals surface area contributed by atoms with E-state index >= 15 is 0 Å². The highest BCUT2D eigenvalue weighted by Gasteiger charge is 2.60. The molecule has 2 spiro atoms.